The van der Waals surface area contributed by atoms with Gasteiger partial charge in [0.25, 0.3) is 0 Å². The normalized spacial score (nSPS) is 11.8. The highest BCUT2D eigenvalue weighted by molar-refractivity contribution is 6.27. The predicted octanol–water partition coefficient (Wildman–Crippen LogP) is 1.02. The molecule has 2 atom stereocenters. The average Bonchev–Trinajstić information content (AvgIpc) is 2.76. The highest BCUT2D eigenvalue weighted by atomic mass is 16.5. The van der Waals surface area contributed by atoms with Gasteiger partial charge in [0.2, 0.25) is 0 Å². The Morgan fingerprint density at radius 1 is 0.935 bits per heavy atom. The first-order valence-corrected chi connectivity index (χ1v) is 9.41. The molecule has 10 heteroatoms. The molecule has 0 bridgehead atoms. The third-order valence-corrected chi connectivity index (χ3v) is 3.67. The molecule has 0 aliphatic carbocycles. The number of carboxylic acid groups (broad SMARTS) is 2. The van der Waals surface area contributed by atoms with Crippen molar-refractivity contribution in [2.75, 3.05) is 13.2 Å². The Kier molecular flexibility index (Phi) is 11.8. The van der Waals surface area contributed by atoms with Crippen LogP contribution in [0.2, 0.25) is 0 Å². The maximum atomic E-state index is 11.8. The molecule has 0 aromatic heterocycles. The van der Waals surface area contributed by atoms with Crippen LogP contribution in [0.1, 0.15) is 12.5 Å². The average molecular weight is 433 g/mol. The summed E-state index contributed by atoms with van der Waals surface area (Å²) >= 11 is 0. The molecular weight excluding hydrogens is 406 g/mol. The van der Waals surface area contributed by atoms with Crippen molar-refractivity contribution in [1.82, 2.24) is 16.0 Å². The summed E-state index contributed by atoms with van der Waals surface area (Å²) in [5, 5.41) is 33.3. The monoisotopic (exact) mass is 433 g/mol. The summed E-state index contributed by atoms with van der Waals surface area (Å²) in [4.78, 5) is 30.0. The van der Waals surface area contributed by atoms with Gasteiger partial charge in [-0.3, -0.25) is 5.32 Å². The van der Waals surface area contributed by atoms with Crippen LogP contribution in [0.5, 0.6) is 5.75 Å². The number of carbonyl (C=O) groups is 3. The molecule has 0 heterocycles. The van der Waals surface area contributed by atoms with E-state index >= 15 is 0 Å². The molecule has 31 heavy (non-hydrogen) atoms. The third-order valence-electron chi connectivity index (χ3n) is 3.67. The van der Waals surface area contributed by atoms with Crippen molar-refractivity contribution in [2.45, 2.75) is 25.7 Å². The fraction of sp³-hybridized carbons (Fsp3) is 0.286. The number of aliphatic carboxylic acids is 2. The van der Waals surface area contributed by atoms with Crippen LogP contribution in [0.3, 0.4) is 0 Å². The number of amides is 2. The quantitative estimate of drug-likeness (QED) is 0.253. The first-order chi connectivity index (χ1) is 14.8. The van der Waals surface area contributed by atoms with E-state index in [9.17, 15) is 9.90 Å². The first kappa shape index (κ1) is 25.4. The summed E-state index contributed by atoms with van der Waals surface area (Å²) in [6.45, 7) is 2.77. The number of aliphatic hydroxyl groups is 1. The predicted molar refractivity (Wildman–Crippen MR) is 112 cm³/mol. The molecule has 0 aliphatic rings. The number of urea groups is 1. The summed E-state index contributed by atoms with van der Waals surface area (Å²) in [5.74, 6) is -2.93. The summed E-state index contributed by atoms with van der Waals surface area (Å²) in [6, 6.07) is 18.7. The number of ether oxygens (including phenoxy) is 1. The molecule has 0 radical (unpaired) electrons. The number of aliphatic hydroxyl groups excluding tert-OH is 1. The van der Waals surface area contributed by atoms with Gasteiger partial charge in [-0.25, -0.2) is 14.4 Å². The molecule has 2 rings (SSSR count). The minimum absolute atomic E-state index is 0.184. The van der Waals surface area contributed by atoms with Crippen LogP contribution >= 0.6 is 0 Å². The Bertz CT molecular complexity index is 791. The zero-order valence-corrected chi connectivity index (χ0v) is 17.0. The van der Waals surface area contributed by atoms with Crippen molar-refractivity contribution < 1.29 is 34.4 Å². The Balaban J connectivity index is 0.000000703. The Hall–Kier alpha value is -3.63. The number of hydrogen-bond acceptors (Lipinski definition) is 6. The molecule has 0 spiro atoms. The van der Waals surface area contributed by atoms with Crippen LogP contribution in [-0.2, 0) is 16.1 Å². The van der Waals surface area contributed by atoms with E-state index in [-0.39, 0.29) is 18.8 Å². The molecule has 0 fully saturated rings. The largest absolute Gasteiger partial charge is 0.491 e. The highest BCUT2D eigenvalue weighted by Gasteiger charge is 2.10. The fourth-order valence-electron chi connectivity index (χ4n) is 2.16. The third kappa shape index (κ3) is 12.5. The van der Waals surface area contributed by atoms with Gasteiger partial charge in [0.1, 0.15) is 18.5 Å². The number of benzene rings is 2. The smallest absolute Gasteiger partial charge is 0.414 e. The van der Waals surface area contributed by atoms with E-state index in [0.29, 0.717) is 18.8 Å². The molecule has 2 aromatic rings. The zero-order valence-electron chi connectivity index (χ0n) is 17.0. The van der Waals surface area contributed by atoms with Gasteiger partial charge in [0.05, 0.1) is 6.17 Å². The lowest BCUT2D eigenvalue weighted by molar-refractivity contribution is -0.159. The van der Waals surface area contributed by atoms with Crippen LogP contribution in [-0.4, -0.2) is 58.7 Å². The molecule has 10 nitrogen and oxygen atoms in total. The summed E-state index contributed by atoms with van der Waals surface area (Å²) in [6.07, 6.45) is -0.945. The molecule has 0 aliphatic heterocycles. The molecular formula is C21H27N3O7. The Labute approximate surface area is 179 Å². The molecule has 2 aromatic carbocycles. The van der Waals surface area contributed by atoms with Crippen molar-refractivity contribution in [3.05, 3.63) is 66.2 Å². The Morgan fingerprint density at radius 2 is 1.48 bits per heavy atom. The number of para-hydroxylation sites is 1. The second-order valence-corrected chi connectivity index (χ2v) is 6.33. The maximum Gasteiger partial charge on any atom is 0.414 e. The minimum atomic E-state index is -1.82. The van der Waals surface area contributed by atoms with Gasteiger partial charge in [-0.05, 0) is 24.6 Å². The number of rotatable bonds is 9. The van der Waals surface area contributed by atoms with Gasteiger partial charge in [-0.2, -0.15) is 0 Å². The molecule has 0 saturated carbocycles. The van der Waals surface area contributed by atoms with Crippen LogP contribution in [0.4, 0.5) is 4.79 Å². The van der Waals surface area contributed by atoms with E-state index in [1.54, 1.807) is 0 Å². The lowest BCUT2D eigenvalue weighted by Crippen LogP contribution is -2.49. The van der Waals surface area contributed by atoms with Crippen LogP contribution in [0.15, 0.2) is 60.7 Å². The SMILES string of the molecule is CC(NCC(O)COc1ccccc1)NC(=O)NCc1ccccc1.O=C(O)C(=O)O. The summed E-state index contributed by atoms with van der Waals surface area (Å²) in [7, 11) is 0. The van der Waals surface area contributed by atoms with Crippen molar-refractivity contribution in [2.24, 2.45) is 0 Å². The van der Waals surface area contributed by atoms with E-state index in [1.165, 1.54) is 0 Å². The molecule has 0 saturated heterocycles. The second-order valence-electron chi connectivity index (χ2n) is 6.33. The number of carbonyl (C=O) groups excluding carboxylic acids is 1. The standard InChI is InChI=1S/C19H25N3O3.C2H2O4/c1-15(22-19(24)21-12-16-8-4-2-5-9-16)20-13-17(23)14-25-18-10-6-3-7-11-18;3-1(4)2(5)6/h2-11,15,17,20,23H,12-14H2,1H3,(H2,21,22,24);(H,3,4)(H,5,6). The number of nitrogens with one attached hydrogen (secondary N) is 3. The van der Waals surface area contributed by atoms with Crippen LogP contribution in [0.25, 0.3) is 0 Å². The number of hydrogen-bond donors (Lipinski definition) is 6. The maximum absolute atomic E-state index is 11.8. The molecule has 2 amide bonds. The van der Waals surface area contributed by atoms with Gasteiger partial charge < -0.3 is 30.7 Å². The lowest BCUT2D eigenvalue weighted by Gasteiger charge is -2.19. The molecule has 6 N–H and O–H groups in total. The number of carboxylic acids is 2. The topological polar surface area (TPSA) is 157 Å². The van der Waals surface area contributed by atoms with Crippen molar-refractivity contribution >= 4 is 18.0 Å². The Morgan fingerprint density at radius 3 is 2.03 bits per heavy atom. The minimum Gasteiger partial charge on any atom is -0.491 e. The van der Waals surface area contributed by atoms with Gasteiger partial charge in [-0.1, -0.05) is 48.5 Å². The van der Waals surface area contributed by atoms with Crippen molar-refractivity contribution in [3.63, 3.8) is 0 Å². The fourth-order valence-corrected chi connectivity index (χ4v) is 2.16. The van der Waals surface area contributed by atoms with E-state index in [2.05, 4.69) is 16.0 Å². The second kappa shape index (κ2) is 14.4. The van der Waals surface area contributed by atoms with E-state index in [1.807, 2.05) is 67.6 Å². The van der Waals surface area contributed by atoms with Gasteiger partial charge in [0, 0.05) is 13.1 Å². The summed E-state index contributed by atoms with van der Waals surface area (Å²) in [5.41, 5.74) is 1.03. The van der Waals surface area contributed by atoms with Gasteiger partial charge >= 0.3 is 18.0 Å². The molecule has 168 valence electrons. The van der Waals surface area contributed by atoms with E-state index < -0.39 is 18.0 Å². The highest BCUT2D eigenvalue weighted by Crippen LogP contribution is 2.08. The van der Waals surface area contributed by atoms with Gasteiger partial charge in [-0.15, -0.1) is 0 Å². The summed E-state index contributed by atoms with van der Waals surface area (Å²) < 4.78 is 5.48. The molecule has 2 unspecified atom stereocenters. The first-order valence-electron chi connectivity index (χ1n) is 9.41. The van der Waals surface area contributed by atoms with E-state index in [0.717, 1.165) is 5.56 Å². The van der Waals surface area contributed by atoms with Gasteiger partial charge in [0.15, 0.2) is 0 Å². The van der Waals surface area contributed by atoms with E-state index in [4.69, 9.17) is 24.5 Å². The van der Waals surface area contributed by atoms with Crippen molar-refractivity contribution in [3.8, 4) is 5.75 Å². The van der Waals surface area contributed by atoms with Crippen molar-refractivity contribution in [1.29, 1.82) is 0 Å². The van der Waals surface area contributed by atoms with Crippen LogP contribution < -0.4 is 20.7 Å². The van der Waals surface area contributed by atoms with Crippen LogP contribution in [0, 0.1) is 0 Å². The lowest BCUT2D eigenvalue weighted by atomic mass is 10.2. The zero-order chi connectivity index (χ0) is 23.1.